The molecule has 0 fully saturated rings. The third-order valence-electron chi connectivity index (χ3n) is 11.2. The Balaban J connectivity index is 0.822. The van der Waals surface area contributed by atoms with E-state index in [-0.39, 0.29) is 11.6 Å². The van der Waals surface area contributed by atoms with Gasteiger partial charge in [0.15, 0.2) is 11.6 Å². The number of allylic oxidation sites excluding steroid dienone is 2. The number of hydrogen-bond donors (Lipinski definition) is 2. The molecule has 0 aliphatic heterocycles. The number of anilines is 2. The molecule has 358 valence electrons. The van der Waals surface area contributed by atoms with Crippen molar-refractivity contribution in [1.82, 2.24) is 0 Å². The highest BCUT2D eigenvalue weighted by Gasteiger charge is 2.24. The van der Waals surface area contributed by atoms with E-state index < -0.39 is 24.0 Å². The topological polar surface area (TPSA) is 129 Å². The Bertz CT molecular complexity index is 2910. The minimum atomic E-state index is -0.726. The smallest absolute Gasteiger partial charge is 0.328 e. The summed E-state index contributed by atoms with van der Waals surface area (Å²) < 4.78 is 21.9. The highest BCUT2D eigenvalue weighted by Crippen LogP contribution is 2.24. The minimum Gasteiger partial charge on any atom is -0.490 e. The number of rotatable bonds is 20. The lowest BCUT2D eigenvalue weighted by molar-refractivity contribution is -0.142. The molecule has 72 heavy (non-hydrogen) atoms. The average molecular weight is 953 g/mol. The van der Waals surface area contributed by atoms with Gasteiger partial charge in [-0.2, -0.15) is 0 Å². The quantitative estimate of drug-likeness (QED) is 0.0433. The van der Waals surface area contributed by atoms with Crippen LogP contribution in [0.4, 0.5) is 11.4 Å². The fraction of sp³-hybridized carbons (Fsp3) is 0.129. The first-order chi connectivity index (χ1) is 35.3. The molecule has 7 aromatic rings. The first-order valence-electron chi connectivity index (χ1n) is 23.2. The number of carbonyl (C=O) groups is 4. The zero-order valence-electron chi connectivity index (χ0n) is 39.9. The number of benzene rings is 7. The average Bonchev–Trinajstić information content (AvgIpc) is 3.43. The van der Waals surface area contributed by atoms with E-state index in [0.29, 0.717) is 71.2 Å². The van der Waals surface area contributed by atoms with Gasteiger partial charge >= 0.3 is 11.9 Å². The molecule has 0 aliphatic rings. The molecule has 0 amide bonds. The van der Waals surface area contributed by atoms with Crippen molar-refractivity contribution in [3.8, 4) is 35.2 Å². The molecule has 0 spiro atoms. The molecule has 2 N–H and O–H groups in total. The van der Waals surface area contributed by atoms with E-state index in [1.807, 2.05) is 133 Å². The van der Waals surface area contributed by atoms with Crippen molar-refractivity contribution >= 4 is 34.9 Å². The fourth-order valence-corrected chi connectivity index (χ4v) is 7.46. The SMILES string of the molecule is COC(=O)[C@H](Cc1ccc(OC/C=C/C#Cc2ccc(C#C/C=C/COc3ccc(C[C@H](Nc4ccccc4C(=O)c4ccccc4)C(=O)OC)cc3)cc2)cc1)Nc1ccccc1C(=O)c1ccccc1. The molecule has 2 atom stereocenters. The van der Waals surface area contributed by atoms with Crippen LogP contribution < -0.4 is 20.1 Å². The van der Waals surface area contributed by atoms with Crippen LogP contribution in [-0.2, 0) is 31.9 Å². The Morgan fingerprint density at radius 2 is 0.819 bits per heavy atom. The van der Waals surface area contributed by atoms with E-state index in [2.05, 4.69) is 34.3 Å². The van der Waals surface area contributed by atoms with Gasteiger partial charge in [-0.3, -0.25) is 9.59 Å². The summed E-state index contributed by atoms with van der Waals surface area (Å²) in [7, 11) is 2.69. The second-order valence-electron chi connectivity index (χ2n) is 16.2. The summed E-state index contributed by atoms with van der Waals surface area (Å²) in [6, 6.07) is 53.5. The lowest BCUT2D eigenvalue weighted by Gasteiger charge is -2.20. The zero-order chi connectivity index (χ0) is 50.3. The number of hydrogen-bond acceptors (Lipinski definition) is 10. The summed E-state index contributed by atoms with van der Waals surface area (Å²) in [5, 5.41) is 6.48. The fourth-order valence-electron chi connectivity index (χ4n) is 7.46. The van der Waals surface area contributed by atoms with Gasteiger partial charge in [0.25, 0.3) is 0 Å². The number of carbonyl (C=O) groups excluding carboxylic acids is 4. The van der Waals surface area contributed by atoms with Crippen LogP contribution in [0.15, 0.2) is 206 Å². The number of para-hydroxylation sites is 2. The van der Waals surface area contributed by atoms with Crippen LogP contribution in [0.5, 0.6) is 11.5 Å². The lowest BCUT2D eigenvalue weighted by atomic mass is 10.00. The molecule has 0 radical (unpaired) electrons. The molecule has 7 rings (SSSR count). The maximum atomic E-state index is 13.3. The monoisotopic (exact) mass is 952 g/mol. The van der Waals surface area contributed by atoms with Gasteiger partial charge in [-0.25, -0.2) is 9.59 Å². The van der Waals surface area contributed by atoms with E-state index in [0.717, 1.165) is 22.3 Å². The van der Waals surface area contributed by atoms with Crippen LogP contribution in [0.2, 0.25) is 0 Å². The lowest BCUT2D eigenvalue weighted by Crippen LogP contribution is -2.33. The summed E-state index contributed by atoms with van der Waals surface area (Å²) in [5.74, 6) is 12.5. The van der Waals surface area contributed by atoms with Crippen LogP contribution in [0.1, 0.15) is 54.1 Å². The highest BCUT2D eigenvalue weighted by atomic mass is 16.5. The highest BCUT2D eigenvalue weighted by molar-refractivity contribution is 6.13. The minimum absolute atomic E-state index is 0.142. The molecule has 0 aliphatic carbocycles. The van der Waals surface area contributed by atoms with Crippen molar-refractivity contribution in [2.45, 2.75) is 24.9 Å². The molecule has 0 saturated heterocycles. The molecule has 10 nitrogen and oxygen atoms in total. The largest absolute Gasteiger partial charge is 0.490 e. The second kappa shape index (κ2) is 26.4. The van der Waals surface area contributed by atoms with Gasteiger partial charge in [0.1, 0.15) is 36.8 Å². The van der Waals surface area contributed by atoms with Crippen LogP contribution in [0, 0.1) is 23.7 Å². The van der Waals surface area contributed by atoms with Gasteiger partial charge in [-0.05, 0) is 108 Å². The van der Waals surface area contributed by atoms with Crippen molar-refractivity contribution in [2.75, 3.05) is 38.1 Å². The molecule has 0 heterocycles. The van der Waals surface area contributed by atoms with Crippen molar-refractivity contribution < 1.29 is 38.1 Å². The van der Waals surface area contributed by atoms with Gasteiger partial charge in [-0.15, -0.1) is 0 Å². The third kappa shape index (κ3) is 14.8. The molecular weight excluding hydrogens is 901 g/mol. The van der Waals surface area contributed by atoms with Crippen molar-refractivity contribution in [2.24, 2.45) is 0 Å². The van der Waals surface area contributed by atoms with Gasteiger partial charge in [0.2, 0.25) is 0 Å². The van der Waals surface area contributed by atoms with Crippen LogP contribution in [-0.4, -0.2) is 63.0 Å². The summed E-state index contributed by atoms with van der Waals surface area (Å²) in [6.07, 6.45) is 7.82. The van der Waals surface area contributed by atoms with Gasteiger partial charge in [0, 0.05) is 57.6 Å². The summed E-state index contributed by atoms with van der Waals surface area (Å²) in [5.41, 5.74) is 6.62. The van der Waals surface area contributed by atoms with E-state index in [4.69, 9.17) is 18.9 Å². The van der Waals surface area contributed by atoms with Crippen molar-refractivity contribution in [1.29, 1.82) is 0 Å². The summed E-state index contributed by atoms with van der Waals surface area (Å²) >= 11 is 0. The van der Waals surface area contributed by atoms with Crippen molar-refractivity contribution in [3.05, 3.63) is 251 Å². The van der Waals surface area contributed by atoms with Crippen molar-refractivity contribution in [3.63, 3.8) is 0 Å². The standard InChI is InChI=1S/C62H52N2O8/c1-69-61(67)57(63-55-27-15-13-25-53(55)59(65)49-21-9-3-10-22-49)43-47-33-37-51(38-34-47)71-41-17-5-7-19-45-29-31-46(32-30-45)20-8-6-18-42-72-52-39-35-48(36-40-52)44-58(62(68)70-2)64-56-28-16-14-26-54(56)60(66)50-23-11-4-12-24-50/h3-6,9-18,21-40,57-58,63-64H,41-44H2,1-2H3/b17-5+,18-6+/t57-,58-/m0/s1. The summed E-state index contributed by atoms with van der Waals surface area (Å²) in [6.45, 7) is 0.641. The Labute approximate surface area is 420 Å². The van der Waals surface area contributed by atoms with E-state index >= 15 is 0 Å². The number of ketones is 2. The molecule has 7 aromatic carbocycles. The van der Waals surface area contributed by atoms with Gasteiger partial charge in [0.05, 0.1) is 14.2 Å². The molecule has 10 heteroatoms. The van der Waals surface area contributed by atoms with Crippen LogP contribution >= 0.6 is 0 Å². The molecule has 0 saturated carbocycles. The number of ether oxygens (including phenoxy) is 4. The van der Waals surface area contributed by atoms with E-state index in [9.17, 15) is 19.2 Å². The second-order valence-corrected chi connectivity index (χ2v) is 16.2. The molecule has 0 unspecified atom stereocenters. The number of esters is 2. The molecule has 0 aromatic heterocycles. The van der Waals surface area contributed by atoms with Gasteiger partial charge < -0.3 is 29.6 Å². The Kier molecular flexibility index (Phi) is 18.5. The first kappa shape index (κ1) is 50.5. The predicted molar refractivity (Wildman–Crippen MR) is 281 cm³/mol. The Morgan fingerprint density at radius 1 is 0.458 bits per heavy atom. The number of methoxy groups -OCH3 is 2. The van der Waals surface area contributed by atoms with E-state index in [1.165, 1.54) is 14.2 Å². The predicted octanol–water partition coefficient (Wildman–Crippen LogP) is 10.5. The Hall–Kier alpha value is -9.38. The van der Waals surface area contributed by atoms with Crippen LogP contribution in [0.3, 0.4) is 0 Å². The molecular formula is C62H52N2O8. The first-order valence-corrected chi connectivity index (χ1v) is 23.2. The third-order valence-corrected chi connectivity index (χ3v) is 11.2. The van der Waals surface area contributed by atoms with E-state index in [1.54, 1.807) is 72.8 Å². The van der Waals surface area contributed by atoms with Gasteiger partial charge in [-0.1, -0.05) is 133 Å². The molecule has 0 bridgehead atoms. The maximum absolute atomic E-state index is 13.3. The van der Waals surface area contributed by atoms with Crippen LogP contribution in [0.25, 0.3) is 0 Å². The normalized spacial score (nSPS) is 11.5. The number of nitrogens with one attached hydrogen (secondary N) is 2. The Morgan fingerprint density at radius 3 is 1.19 bits per heavy atom. The maximum Gasteiger partial charge on any atom is 0.328 e. The summed E-state index contributed by atoms with van der Waals surface area (Å²) in [4.78, 5) is 52.2. The zero-order valence-corrected chi connectivity index (χ0v) is 39.9.